The Labute approximate surface area is 109 Å². The van der Waals surface area contributed by atoms with Crippen molar-refractivity contribution in [2.45, 2.75) is 6.92 Å². The molecule has 1 N–H and O–H groups in total. The van der Waals surface area contributed by atoms with E-state index in [-0.39, 0.29) is 5.69 Å². The van der Waals surface area contributed by atoms with Gasteiger partial charge in [0, 0.05) is 16.8 Å². The Morgan fingerprint density at radius 2 is 2.11 bits per heavy atom. The number of aromatic nitrogens is 1. The number of hydrogen-bond donors (Lipinski definition) is 1. The summed E-state index contributed by atoms with van der Waals surface area (Å²) < 4.78 is 0. The molecule has 6 heteroatoms. The van der Waals surface area contributed by atoms with Crippen molar-refractivity contribution in [1.29, 1.82) is 0 Å². The monoisotopic (exact) mass is 263 g/mol. The molecule has 0 aliphatic heterocycles. The number of benzene rings is 1. The zero-order chi connectivity index (χ0) is 13.1. The second-order valence-electron chi connectivity index (χ2n) is 3.70. The normalized spacial score (nSPS) is 10.1. The molecule has 0 fully saturated rings. The lowest BCUT2D eigenvalue weighted by molar-refractivity contribution is -0.385. The van der Waals surface area contributed by atoms with Crippen LogP contribution in [-0.2, 0) is 0 Å². The Hall–Kier alpha value is -2.14. The summed E-state index contributed by atoms with van der Waals surface area (Å²) in [5.41, 5.74) is 1.69. The van der Waals surface area contributed by atoms with Crippen LogP contribution >= 0.6 is 11.6 Å². The van der Waals surface area contributed by atoms with Gasteiger partial charge in [0.25, 0.3) is 5.69 Å². The smallest absolute Gasteiger partial charge is 0.287 e. The van der Waals surface area contributed by atoms with Gasteiger partial charge in [-0.05, 0) is 30.7 Å². The number of nitro groups is 1. The Balaban J connectivity index is 2.24. The number of halogens is 1. The highest BCUT2D eigenvalue weighted by Crippen LogP contribution is 2.25. The van der Waals surface area contributed by atoms with E-state index in [4.69, 9.17) is 11.6 Å². The van der Waals surface area contributed by atoms with Crippen LogP contribution in [0.1, 0.15) is 5.56 Å². The van der Waals surface area contributed by atoms with Gasteiger partial charge < -0.3 is 5.32 Å². The van der Waals surface area contributed by atoms with E-state index in [1.807, 2.05) is 19.1 Å². The Morgan fingerprint density at radius 3 is 2.72 bits per heavy atom. The molecule has 0 radical (unpaired) electrons. The number of pyridine rings is 1. The fourth-order valence-corrected chi connectivity index (χ4v) is 1.62. The first-order valence-electron chi connectivity index (χ1n) is 5.20. The Morgan fingerprint density at radius 1 is 1.33 bits per heavy atom. The molecule has 92 valence electrons. The average Bonchev–Trinajstić information content (AvgIpc) is 2.36. The molecule has 2 rings (SSSR count). The molecular formula is C12H10ClN3O2. The van der Waals surface area contributed by atoms with Gasteiger partial charge in [0.05, 0.1) is 4.92 Å². The molecule has 1 aromatic heterocycles. The lowest BCUT2D eigenvalue weighted by Gasteiger charge is -2.09. The third-order valence-electron chi connectivity index (χ3n) is 2.49. The largest absolute Gasteiger partial charge is 0.340 e. The molecule has 0 aliphatic carbocycles. The Bertz CT molecular complexity index is 584. The minimum atomic E-state index is -0.485. The van der Waals surface area contributed by atoms with E-state index in [0.717, 1.165) is 11.3 Å². The number of anilines is 2. The zero-order valence-corrected chi connectivity index (χ0v) is 10.3. The summed E-state index contributed by atoms with van der Waals surface area (Å²) in [6.45, 7) is 1.88. The molecule has 0 saturated carbocycles. The van der Waals surface area contributed by atoms with Crippen molar-refractivity contribution >= 4 is 28.8 Å². The molecule has 0 spiro atoms. The first kappa shape index (κ1) is 12.3. The summed E-state index contributed by atoms with van der Waals surface area (Å²) in [6, 6.07) is 8.44. The molecule has 2 aromatic rings. The highest BCUT2D eigenvalue weighted by Gasteiger charge is 2.06. The van der Waals surface area contributed by atoms with Crippen molar-refractivity contribution in [3.8, 4) is 0 Å². The first-order chi connectivity index (χ1) is 8.58. The summed E-state index contributed by atoms with van der Waals surface area (Å²) in [6.07, 6.45) is 1.21. The van der Waals surface area contributed by atoms with Crippen LogP contribution in [0.3, 0.4) is 0 Å². The molecule has 0 bridgehead atoms. The van der Waals surface area contributed by atoms with E-state index in [2.05, 4.69) is 10.3 Å². The van der Waals surface area contributed by atoms with Gasteiger partial charge in [0.2, 0.25) is 0 Å². The lowest BCUT2D eigenvalue weighted by Crippen LogP contribution is -1.97. The van der Waals surface area contributed by atoms with Gasteiger partial charge in [-0.2, -0.15) is 0 Å². The van der Waals surface area contributed by atoms with Gasteiger partial charge in [0.15, 0.2) is 0 Å². The summed E-state index contributed by atoms with van der Waals surface area (Å²) in [5.74, 6) is 0.533. The maximum absolute atomic E-state index is 10.5. The molecular weight excluding hydrogens is 254 g/mol. The second kappa shape index (κ2) is 5.01. The minimum Gasteiger partial charge on any atom is -0.340 e. The van der Waals surface area contributed by atoms with E-state index in [1.54, 1.807) is 12.1 Å². The van der Waals surface area contributed by atoms with Crippen LogP contribution in [-0.4, -0.2) is 9.91 Å². The van der Waals surface area contributed by atoms with Gasteiger partial charge in [0.1, 0.15) is 12.0 Å². The molecule has 5 nitrogen and oxygen atoms in total. The first-order valence-corrected chi connectivity index (χ1v) is 5.58. The van der Waals surface area contributed by atoms with Crippen LogP contribution in [0.25, 0.3) is 0 Å². The molecule has 0 saturated heterocycles. The second-order valence-corrected chi connectivity index (χ2v) is 4.10. The maximum Gasteiger partial charge on any atom is 0.287 e. The number of hydrogen-bond acceptors (Lipinski definition) is 4. The molecule has 0 atom stereocenters. The highest BCUT2D eigenvalue weighted by atomic mass is 35.5. The minimum absolute atomic E-state index is 0.0385. The molecule has 0 aliphatic rings. The predicted octanol–water partition coefficient (Wildman–Crippen LogP) is 3.70. The van der Waals surface area contributed by atoms with Crippen LogP contribution in [0.2, 0.25) is 5.02 Å². The third kappa shape index (κ3) is 2.57. The van der Waals surface area contributed by atoms with E-state index in [9.17, 15) is 10.1 Å². The van der Waals surface area contributed by atoms with Crippen molar-refractivity contribution in [3.63, 3.8) is 0 Å². The van der Waals surface area contributed by atoms with Crippen LogP contribution < -0.4 is 5.32 Å². The van der Waals surface area contributed by atoms with Crippen LogP contribution in [0.5, 0.6) is 0 Å². The number of nitrogens with zero attached hydrogens (tertiary/aromatic N) is 2. The van der Waals surface area contributed by atoms with E-state index < -0.39 is 4.92 Å². The molecule has 18 heavy (non-hydrogen) atoms. The number of nitrogens with one attached hydrogen (secondary N) is 1. The SMILES string of the molecule is Cc1c(Cl)cccc1Nc1ccc([N+](=O)[O-])cn1. The van der Waals surface area contributed by atoms with E-state index in [1.165, 1.54) is 12.3 Å². The van der Waals surface area contributed by atoms with Gasteiger partial charge in [-0.1, -0.05) is 17.7 Å². The van der Waals surface area contributed by atoms with Gasteiger partial charge in [-0.25, -0.2) is 4.98 Å². The van der Waals surface area contributed by atoms with Crippen molar-refractivity contribution in [2.75, 3.05) is 5.32 Å². The molecule has 0 unspecified atom stereocenters. The fourth-order valence-electron chi connectivity index (χ4n) is 1.45. The fraction of sp³-hybridized carbons (Fsp3) is 0.0833. The van der Waals surface area contributed by atoms with Gasteiger partial charge in [-0.15, -0.1) is 0 Å². The Kier molecular flexibility index (Phi) is 3.43. The van der Waals surface area contributed by atoms with Crippen molar-refractivity contribution in [3.05, 3.63) is 57.2 Å². The number of rotatable bonds is 3. The van der Waals surface area contributed by atoms with Crippen molar-refractivity contribution in [1.82, 2.24) is 4.98 Å². The summed E-state index contributed by atoms with van der Waals surface area (Å²) in [4.78, 5) is 14.0. The van der Waals surface area contributed by atoms with E-state index in [0.29, 0.717) is 10.8 Å². The van der Waals surface area contributed by atoms with Crippen LogP contribution in [0.4, 0.5) is 17.2 Å². The van der Waals surface area contributed by atoms with Crippen molar-refractivity contribution in [2.24, 2.45) is 0 Å². The van der Waals surface area contributed by atoms with Crippen LogP contribution in [0, 0.1) is 17.0 Å². The standard InChI is InChI=1S/C12H10ClN3O2/c1-8-10(13)3-2-4-11(8)15-12-6-5-9(7-14-12)16(17)18/h2-7H,1H3,(H,14,15). The maximum atomic E-state index is 10.5. The third-order valence-corrected chi connectivity index (χ3v) is 2.90. The lowest BCUT2D eigenvalue weighted by atomic mass is 10.2. The average molecular weight is 264 g/mol. The molecule has 1 aromatic carbocycles. The molecule has 1 heterocycles. The summed E-state index contributed by atoms with van der Waals surface area (Å²) in [7, 11) is 0. The molecule has 0 amide bonds. The van der Waals surface area contributed by atoms with E-state index >= 15 is 0 Å². The van der Waals surface area contributed by atoms with Crippen LogP contribution in [0.15, 0.2) is 36.5 Å². The topological polar surface area (TPSA) is 68.1 Å². The summed E-state index contributed by atoms with van der Waals surface area (Å²) >= 11 is 6.00. The quantitative estimate of drug-likeness (QED) is 0.677. The van der Waals surface area contributed by atoms with Gasteiger partial charge in [-0.3, -0.25) is 10.1 Å². The summed E-state index contributed by atoms with van der Waals surface area (Å²) in [5, 5.41) is 14.2. The van der Waals surface area contributed by atoms with Gasteiger partial charge >= 0.3 is 0 Å². The van der Waals surface area contributed by atoms with Crippen molar-refractivity contribution < 1.29 is 4.92 Å². The predicted molar refractivity (Wildman–Crippen MR) is 70.4 cm³/mol. The zero-order valence-electron chi connectivity index (χ0n) is 9.55. The highest BCUT2D eigenvalue weighted by molar-refractivity contribution is 6.31.